The van der Waals surface area contributed by atoms with Gasteiger partial charge in [-0.1, -0.05) is 109 Å². The Balaban J connectivity index is 1.31. The molecule has 0 aliphatic carbocycles. The molecule has 1 aromatic heterocycles. The highest BCUT2D eigenvalue weighted by Crippen LogP contribution is 2.52. The molecule has 2 heterocycles. The Morgan fingerprint density at radius 1 is 0.449 bits per heavy atom. The molecule has 1 aliphatic heterocycles. The van der Waals surface area contributed by atoms with Gasteiger partial charge in [-0.2, -0.15) is 0 Å². The van der Waals surface area contributed by atoms with Crippen LogP contribution in [0.1, 0.15) is 22.3 Å². The van der Waals surface area contributed by atoms with Crippen LogP contribution in [0.4, 0.5) is 0 Å². The molecule has 0 saturated carbocycles. The van der Waals surface area contributed by atoms with Crippen LogP contribution in [0, 0.1) is 27.7 Å². The average Bonchev–Trinajstić information content (AvgIpc) is 3.15. The first kappa shape index (κ1) is 30.7. The maximum absolute atomic E-state index is 15.4. The Bertz CT molecular complexity index is 2340. The molecule has 49 heavy (non-hydrogen) atoms. The number of nitrogens with zero attached hydrogens (tertiary/aromatic N) is 3. The molecular weight excluding hydrogens is 621 g/mol. The first-order valence-electron chi connectivity index (χ1n) is 16.4. The van der Waals surface area contributed by atoms with Gasteiger partial charge in [0.05, 0.1) is 10.6 Å². The van der Waals surface area contributed by atoms with Crippen LogP contribution < -0.4 is 20.7 Å². The zero-order valence-electron chi connectivity index (χ0n) is 27.8. The molecule has 6 heteroatoms. The van der Waals surface area contributed by atoms with Gasteiger partial charge in [0.25, 0.3) is 0 Å². The van der Waals surface area contributed by atoms with Gasteiger partial charge in [-0.25, -0.2) is 15.0 Å². The topological polar surface area (TPSA) is 65.0 Å². The summed E-state index contributed by atoms with van der Waals surface area (Å²) in [6.45, 7) is 8.59. The maximum Gasteiger partial charge on any atom is 0.178 e. The van der Waals surface area contributed by atoms with Gasteiger partial charge in [0.1, 0.15) is 11.5 Å². The third-order valence-corrected chi connectivity index (χ3v) is 12.8. The fraction of sp³-hybridized carbons (Fsp3) is 0.0930. The van der Waals surface area contributed by atoms with E-state index in [9.17, 15) is 0 Å². The zero-order valence-corrected chi connectivity index (χ0v) is 28.7. The van der Waals surface area contributed by atoms with Crippen LogP contribution >= 0.6 is 7.14 Å². The van der Waals surface area contributed by atoms with E-state index in [0.29, 0.717) is 34.3 Å². The smallest absolute Gasteiger partial charge is 0.178 e. The molecule has 0 amide bonds. The fourth-order valence-electron chi connectivity index (χ4n) is 6.97. The SMILES string of the molecule is Cc1c(C)c(-c2nc(-c3ccccc3)nc(-c3ccccc3)n2)c(C)c(C)c1-c1ccc2c(c1)P(=O)(c1ccccc1)c1ccccc1O2. The van der Waals surface area contributed by atoms with E-state index in [1.54, 1.807) is 0 Å². The highest BCUT2D eigenvalue weighted by Gasteiger charge is 2.39. The summed E-state index contributed by atoms with van der Waals surface area (Å²) in [4.78, 5) is 15.0. The Kier molecular flexibility index (Phi) is 7.58. The van der Waals surface area contributed by atoms with Crippen molar-refractivity contribution in [1.29, 1.82) is 0 Å². The van der Waals surface area contributed by atoms with E-state index in [1.807, 2.05) is 121 Å². The largest absolute Gasteiger partial charge is 0.456 e. The van der Waals surface area contributed by atoms with Crippen molar-refractivity contribution in [2.24, 2.45) is 0 Å². The molecule has 238 valence electrons. The monoisotopic (exact) mass is 655 g/mol. The van der Waals surface area contributed by atoms with Crippen molar-refractivity contribution in [3.63, 3.8) is 0 Å². The first-order chi connectivity index (χ1) is 23.8. The van der Waals surface area contributed by atoms with E-state index >= 15 is 4.57 Å². The molecule has 0 radical (unpaired) electrons. The minimum atomic E-state index is -3.23. The quantitative estimate of drug-likeness (QED) is 0.173. The Hall–Kier alpha value is -5.64. The first-order valence-corrected chi connectivity index (χ1v) is 18.1. The second-order valence-electron chi connectivity index (χ2n) is 12.5. The Labute approximate surface area is 286 Å². The average molecular weight is 656 g/mol. The van der Waals surface area contributed by atoms with Crippen LogP contribution in [-0.2, 0) is 4.57 Å². The van der Waals surface area contributed by atoms with Crippen molar-refractivity contribution in [3.8, 4) is 56.8 Å². The Morgan fingerprint density at radius 3 is 1.51 bits per heavy atom. The molecule has 0 saturated heterocycles. The number of para-hydroxylation sites is 1. The second kappa shape index (κ2) is 12.1. The van der Waals surface area contributed by atoms with Gasteiger partial charge >= 0.3 is 0 Å². The minimum Gasteiger partial charge on any atom is -0.456 e. The summed E-state index contributed by atoms with van der Waals surface area (Å²) < 4.78 is 21.8. The summed E-state index contributed by atoms with van der Waals surface area (Å²) in [6.07, 6.45) is 0. The van der Waals surface area contributed by atoms with Crippen molar-refractivity contribution >= 4 is 23.1 Å². The molecule has 8 rings (SSSR count). The third kappa shape index (κ3) is 5.10. The zero-order chi connectivity index (χ0) is 33.7. The molecular formula is C43H34N3O2P. The minimum absolute atomic E-state index is 0.627. The molecule has 0 spiro atoms. The summed E-state index contributed by atoms with van der Waals surface area (Å²) in [6, 6.07) is 43.7. The lowest BCUT2D eigenvalue weighted by atomic mass is 9.85. The third-order valence-electron chi connectivity index (χ3n) is 9.68. The van der Waals surface area contributed by atoms with E-state index in [1.165, 1.54) is 0 Å². The number of hydrogen-bond acceptors (Lipinski definition) is 5. The lowest BCUT2D eigenvalue weighted by molar-refractivity contribution is 0.485. The lowest BCUT2D eigenvalue weighted by Crippen LogP contribution is -2.30. The Morgan fingerprint density at radius 2 is 0.918 bits per heavy atom. The highest BCUT2D eigenvalue weighted by molar-refractivity contribution is 7.85. The molecule has 1 unspecified atom stereocenters. The van der Waals surface area contributed by atoms with Crippen molar-refractivity contribution in [3.05, 3.63) is 156 Å². The van der Waals surface area contributed by atoms with Gasteiger partial charge in [0, 0.05) is 22.0 Å². The molecule has 6 aromatic carbocycles. The van der Waals surface area contributed by atoms with E-state index in [0.717, 1.165) is 60.7 Å². The number of aromatic nitrogens is 3. The summed E-state index contributed by atoms with van der Waals surface area (Å²) in [5, 5.41) is 2.23. The molecule has 0 fully saturated rings. The van der Waals surface area contributed by atoms with Gasteiger partial charge in [-0.05, 0) is 85.3 Å². The van der Waals surface area contributed by atoms with Gasteiger partial charge in [-0.3, -0.25) is 0 Å². The van der Waals surface area contributed by atoms with Crippen LogP contribution in [0.2, 0.25) is 0 Å². The summed E-state index contributed by atoms with van der Waals surface area (Å²) in [7, 11) is -3.23. The van der Waals surface area contributed by atoms with Crippen molar-refractivity contribution in [2.75, 3.05) is 0 Å². The van der Waals surface area contributed by atoms with Gasteiger partial charge in [-0.15, -0.1) is 0 Å². The second-order valence-corrected chi connectivity index (χ2v) is 15.2. The van der Waals surface area contributed by atoms with Crippen LogP contribution in [0.5, 0.6) is 11.5 Å². The summed E-state index contributed by atoms with van der Waals surface area (Å²) >= 11 is 0. The summed E-state index contributed by atoms with van der Waals surface area (Å²) in [5.74, 6) is 3.18. The van der Waals surface area contributed by atoms with Gasteiger partial charge in [0.15, 0.2) is 24.6 Å². The van der Waals surface area contributed by atoms with E-state index in [-0.39, 0.29) is 0 Å². The van der Waals surface area contributed by atoms with Gasteiger partial charge < -0.3 is 9.30 Å². The van der Waals surface area contributed by atoms with Crippen molar-refractivity contribution in [2.45, 2.75) is 27.7 Å². The number of rotatable bonds is 5. The van der Waals surface area contributed by atoms with Crippen molar-refractivity contribution < 1.29 is 9.30 Å². The van der Waals surface area contributed by atoms with E-state index < -0.39 is 7.14 Å². The van der Waals surface area contributed by atoms with Crippen LogP contribution in [0.15, 0.2) is 133 Å². The maximum atomic E-state index is 15.4. The van der Waals surface area contributed by atoms with Crippen LogP contribution in [-0.4, -0.2) is 15.0 Å². The molecule has 1 aliphatic rings. The number of benzene rings is 6. The number of hydrogen-bond donors (Lipinski definition) is 0. The fourth-order valence-corrected chi connectivity index (χ4v) is 9.86. The standard InChI is InChI=1S/C43H34N3O2P/c1-27-29(3)40(43-45-41(31-16-8-5-9-17-31)44-42(46-43)32-18-10-6-11-19-32)30(4)28(2)39(27)33-24-25-36-38(26-33)49(47,34-20-12-7-13-21-34)37-23-15-14-22-35(37)48-36/h5-26H,1-4H3. The van der Waals surface area contributed by atoms with Gasteiger partial charge in [0.2, 0.25) is 0 Å². The van der Waals surface area contributed by atoms with Crippen LogP contribution in [0.3, 0.4) is 0 Å². The van der Waals surface area contributed by atoms with Crippen molar-refractivity contribution in [1.82, 2.24) is 15.0 Å². The predicted molar refractivity (Wildman–Crippen MR) is 200 cm³/mol. The van der Waals surface area contributed by atoms with E-state index in [4.69, 9.17) is 19.7 Å². The molecule has 0 bridgehead atoms. The summed E-state index contributed by atoms with van der Waals surface area (Å²) in [5.41, 5.74) is 9.40. The molecule has 0 N–H and O–H groups in total. The lowest BCUT2D eigenvalue weighted by Gasteiger charge is -2.30. The van der Waals surface area contributed by atoms with Crippen LogP contribution in [0.25, 0.3) is 45.3 Å². The molecule has 7 aromatic rings. The predicted octanol–water partition coefficient (Wildman–Crippen LogP) is 9.52. The normalized spacial score (nSPS) is 14.9. The molecule has 1 atom stereocenters. The van der Waals surface area contributed by atoms with E-state index in [2.05, 4.69) is 39.8 Å². The number of ether oxygens (including phenoxy) is 1. The molecule has 5 nitrogen and oxygen atoms in total. The number of fused-ring (bicyclic) bond motifs is 2. The highest BCUT2D eigenvalue weighted by atomic mass is 31.2.